The van der Waals surface area contributed by atoms with E-state index in [4.69, 9.17) is 0 Å². The molecule has 0 N–H and O–H groups in total. The van der Waals surface area contributed by atoms with Gasteiger partial charge < -0.3 is 0 Å². The normalized spacial score (nSPS) is 16.5. The summed E-state index contributed by atoms with van der Waals surface area (Å²) in [5, 5.41) is 2.06. The van der Waals surface area contributed by atoms with E-state index in [2.05, 4.69) is 18.4 Å². The van der Waals surface area contributed by atoms with Gasteiger partial charge in [-0.2, -0.15) is 0 Å². The van der Waals surface area contributed by atoms with Crippen LogP contribution in [-0.2, 0) is 6.42 Å². The van der Waals surface area contributed by atoms with Crippen LogP contribution in [0.1, 0.15) is 26.4 Å². The molecule has 0 radical (unpaired) electrons. The van der Waals surface area contributed by atoms with Gasteiger partial charge in [0.1, 0.15) is 0 Å². The standard InChI is InChI=1S/C15H12OS/c1-10-6-7-17-14(10)9-12-8-11-4-2-3-5-13(11)15(12)16/h2-7,9H,8H2,1H3/b12-9+. The van der Waals surface area contributed by atoms with Crippen LogP contribution < -0.4 is 0 Å². The van der Waals surface area contributed by atoms with Gasteiger partial charge >= 0.3 is 0 Å². The van der Waals surface area contributed by atoms with E-state index in [1.807, 2.05) is 30.3 Å². The van der Waals surface area contributed by atoms with E-state index in [1.54, 1.807) is 11.3 Å². The molecule has 1 aromatic carbocycles. The molecule has 1 aromatic heterocycles. The number of thiophene rings is 1. The monoisotopic (exact) mass is 240 g/mol. The zero-order valence-electron chi connectivity index (χ0n) is 9.57. The minimum Gasteiger partial charge on any atom is -0.289 e. The summed E-state index contributed by atoms with van der Waals surface area (Å²) in [6.07, 6.45) is 2.81. The second kappa shape index (κ2) is 3.97. The average Bonchev–Trinajstić information content (AvgIpc) is 2.87. The summed E-state index contributed by atoms with van der Waals surface area (Å²) in [4.78, 5) is 13.4. The van der Waals surface area contributed by atoms with E-state index in [-0.39, 0.29) is 5.78 Å². The number of hydrogen-bond acceptors (Lipinski definition) is 2. The molecule has 1 nitrogen and oxygen atoms in total. The maximum atomic E-state index is 12.2. The number of hydrogen-bond donors (Lipinski definition) is 0. The predicted octanol–water partition coefficient (Wildman–Crippen LogP) is 3.88. The summed E-state index contributed by atoms with van der Waals surface area (Å²) in [6, 6.07) is 9.96. The van der Waals surface area contributed by atoms with Crippen molar-refractivity contribution < 1.29 is 4.79 Å². The van der Waals surface area contributed by atoms with Crippen LogP contribution in [0.25, 0.3) is 6.08 Å². The topological polar surface area (TPSA) is 17.1 Å². The van der Waals surface area contributed by atoms with Gasteiger partial charge in [0, 0.05) is 22.4 Å². The zero-order valence-corrected chi connectivity index (χ0v) is 10.4. The molecule has 2 heteroatoms. The average molecular weight is 240 g/mol. The molecule has 0 bridgehead atoms. The molecular weight excluding hydrogens is 228 g/mol. The zero-order chi connectivity index (χ0) is 11.8. The highest BCUT2D eigenvalue weighted by Gasteiger charge is 2.24. The Morgan fingerprint density at radius 2 is 2.06 bits per heavy atom. The number of rotatable bonds is 1. The molecule has 1 aliphatic rings. The first-order chi connectivity index (χ1) is 8.25. The Hall–Kier alpha value is -1.67. The van der Waals surface area contributed by atoms with Gasteiger partial charge in [0.15, 0.2) is 5.78 Å². The molecule has 2 aromatic rings. The van der Waals surface area contributed by atoms with Crippen molar-refractivity contribution in [2.75, 3.05) is 0 Å². The van der Waals surface area contributed by atoms with Crippen LogP contribution in [0.3, 0.4) is 0 Å². The Bertz CT molecular complexity index is 619. The Balaban J connectivity index is 2.02. The molecule has 17 heavy (non-hydrogen) atoms. The van der Waals surface area contributed by atoms with Gasteiger partial charge in [-0.3, -0.25) is 4.79 Å². The minimum absolute atomic E-state index is 0.188. The fourth-order valence-electron chi connectivity index (χ4n) is 2.16. The van der Waals surface area contributed by atoms with Gasteiger partial charge in [-0.1, -0.05) is 24.3 Å². The van der Waals surface area contributed by atoms with Crippen LogP contribution in [0.5, 0.6) is 0 Å². The third-order valence-electron chi connectivity index (χ3n) is 3.14. The Morgan fingerprint density at radius 1 is 1.24 bits per heavy atom. The van der Waals surface area contributed by atoms with Crippen LogP contribution in [0.4, 0.5) is 0 Å². The number of benzene rings is 1. The maximum Gasteiger partial charge on any atom is 0.189 e. The van der Waals surface area contributed by atoms with Crippen molar-refractivity contribution in [3.8, 4) is 0 Å². The predicted molar refractivity (Wildman–Crippen MR) is 71.5 cm³/mol. The second-order valence-corrected chi connectivity index (χ2v) is 5.25. The van der Waals surface area contributed by atoms with Crippen molar-refractivity contribution in [3.05, 3.63) is 62.9 Å². The highest BCUT2D eigenvalue weighted by molar-refractivity contribution is 7.11. The van der Waals surface area contributed by atoms with E-state index in [1.165, 1.54) is 10.4 Å². The molecular formula is C15H12OS. The number of carbonyl (C=O) groups excluding carboxylic acids is 1. The van der Waals surface area contributed by atoms with Crippen molar-refractivity contribution in [3.63, 3.8) is 0 Å². The third-order valence-corrected chi connectivity index (χ3v) is 4.11. The van der Waals surface area contributed by atoms with Crippen LogP contribution in [0, 0.1) is 6.92 Å². The molecule has 3 rings (SSSR count). The van der Waals surface area contributed by atoms with Crippen molar-refractivity contribution in [2.24, 2.45) is 0 Å². The molecule has 1 aliphatic carbocycles. The van der Waals surface area contributed by atoms with E-state index in [9.17, 15) is 4.79 Å². The number of ketones is 1. The molecule has 0 aliphatic heterocycles. The molecule has 1 heterocycles. The SMILES string of the molecule is Cc1ccsc1/C=C1\Cc2ccccc2C1=O. The van der Waals surface area contributed by atoms with Gasteiger partial charge in [-0.05, 0) is 35.6 Å². The maximum absolute atomic E-state index is 12.2. The summed E-state index contributed by atoms with van der Waals surface area (Å²) < 4.78 is 0. The van der Waals surface area contributed by atoms with Gasteiger partial charge in [0.25, 0.3) is 0 Å². The number of allylic oxidation sites excluding steroid dienone is 1. The number of aryl methyl sites for hydroxylation is 1. The van der Waals surface area contributed by atoms with Gasteiger partial charge in [-0.25, -0.2) is 0 Å². The van der Waals surface area contributed by atoms with Gasteiger partial charge in [-0.15, -0.1) is 11.3 Å². The molecule has 0 atom stereocenters. The fourth-order valence-corrected chi connectivity index (χ4v) is 3.04. The summed E-state index contributed by atoms with van der Waals surface area (Å²) >= 11 is 1.69. The Morgan fingerprint density at radius 3 is 2.76 bits per heavy atom. The fraction of sp³-hybridized carbons (Fsp3) is 0.133. The highest BCUT2D eigenvalue weighted by atomic mass is 32.1. The first-order valence-corrected chi connectivity index (χ1v) is 6.51. The largest absolute Gasteiger partial charge is 0.289 e. The van der Waals surface area contributed by atoms with Crippen LogP contribution >= 0.6 is 11.3 Å². The molecule has 0 spiro atoms. The Labute approximate surface area is 104 Å². The summed E-state index contributed by atoms with van der Waals surface area (Å²) in [5.74, 6) is 0.188. The van der Waals surface area contributed by atoms with Gasteiger partial charge in [0.05, 0.1) is 0 Å². The van der Waals surface area contributed by atoms with Crippen LogP contribution in [0.15, 0.2) is 41.3 Å². The minimum atomic E-state index is 0.188. The molecule has 0 unspecified atom stereocenters. The third kappa shape index (κ3) is 1.75. The summed E-state index contributed by atoms with van der Waals surface area (Å²) in [6.45, 7) is 2.08. The molecule has 0 saturated heterocycles. The van der Waals surface area contributed by atoms with E-state index in [0.29, 0.717) is 0 Å². The summed E-state index contributed by atoms with van der Waals surface area (Å²) in [5.41, 5.74) is 4.17. The number of fused-ring (bicyclic) bond motifs is 1. The van der Waals surface area contributed by atoms with Crippen molar-refractivity contribution in [2.45, 2.75) is 13.3 Å². The van der Waals surface area contributed by atoms with Crippen LogP contribution in [-0.4, -0.2) is 5.78 Å². The van der Waals surface area contributed by atoms with E-state index in [0.717, 1.165) is 23.1 Å². The molecule has 0 fully saturated rings. The second-order valence-electron chi connectivity index (χ2n) is 4.30. The lowest BCUT2D eigenvalue weighted by molar-refractivity contribution is 0.104. The number of carbonyl (C=O) groups is 1. The van der Waals surface area contributed by atoms with Crippen LogP contribution in [0.2, 0.25) is 0 Å². The van der Waals surface area contributed by atoms with Crippen molar-refractivity contribution in [1.82, 2.24) is 0 Å². The molecule has 0 amide bonds. The first kappa shape index (κ1) is 10.5. The number of Topliss-reactive ketones (excluding diaryl/α,β-unsaturated/α-hetero) is 1. The van der Waals surface area contributed by atoms with Crippen molar-refractivity contribution >= 4 is 23.2 Å². The smallest absolute Gasteiger partial charge is 0.189 e. The van der Waals surface area contributed by atoms with Crippen molar-refractivity contribution in [1.29, 1.82) is 0 Å². The highest BCUT2D eigenvalue weighted by Crippen LogP contribution is 2.29. The first-order valence-electron chi connectivity index (χ1n) is 5.63. The lowest BCUT2D eigenvalue weighted by atomic mass is 10.1. The molecule has 0 saturated carbocycles. The van der Waals surface area contributed by atoms with E-state index >= 15 is 0 Å². The quantitative estimate of drug-likeness (QED) is 0.691. The molecule has 84 valence electrons. The van der Waals surface area contributed by atoms with Gasteiger partial charge in [0.2, 0.25) is 0 Å². The summed E-state index contributed by atoms with van der Waals surface area (Å²) in [7, 11) is 0. The lowest BCUT2D eigenvalue weighted by Crippen LogP contribution is -1.94. The van der Waals surface area contributed by atoms with E-state index < -0.39 is 0 Å². The Kier molecular flexibility index (Phi) is 2.45. The lowest BCUT2D eigenvalue weighted by Gasteiger charge is -1.94.